The van der Waals surface area contributed by atoms with E-state index in [-0.39, 0.29) is 0 Å². The van der Waals surface area contributed by atoms with E-state index in [0.717, 1.165) is 18.9 Å². The van der Waals surface area contributed by atoms with Gasteiger partial charge in [-0.3, -0.25) is 4.79 Å². The highest BCUT2D eigenvalue weighted by Crippen LogP contribution is 2.28. The number of hydrogen-bond acceptors (Lipinski definition) is 2. The van der Waals surface area contributed by atoms with Gasteiger partial charge >= 0.3 is 5.97 Å². The lowest BCUT2D eigenvalue weighted by Gasteiger charge is -2.25. The van der Waals surface area contributed by atoms with Gasteiger partial charge < -0.3 is 10.4 Å². The average molecular weight is 185 g/mol. The van der Waals surface area contributed by atoms with Crippen molar-refractivity contribution in [3.63, 3.8) is 0 Å². The van der Waals surface area contributed by atoms with E-state index in [1.807, 2.05) is 6.92 Å². The third-order valence-electron chi connectivity index (χ3n) is 2.70. The first kappa shape index (κ1) is 10.5. The van der Waals surface area contributed by atoms with Gasteiger partial charge in [-0.1, -0.05) is 13.3 Å². The third kappa shape index (κ3) is 2.99. The highest BCUT2D eigenvalue weighted by Gasteiger charge is 2.33. The van der Waals surface area contributed by atoms with Gasteiger partial charge in [-0.2, -0.15) is 0 Å². The lowest BCUT2D eigenvalue weighted by molar-refractivity contribution is -0.144. The SMILES string of the molecule is CCCC(C)(NCC1CC1)C(=O)O. The van der Waals surface area contributed by atoms with Crippen LogP contribution in [0, 0.1) is 5.92 Å². The summed E-state index contributed by atoms with van der Waals surface area (Å²) in [6, 6.07) is 0. The summed E-state index contributed by atoms with van der Waals surface area (Å²) in [7, 11) is 0. The Morgan fingerprint density at radius 1 is 1.62 bits per heavy atom. The van der Waals surface area contributed by atoms with Crippen LogP contribution in [0.2, 0.25) is 0 Å². The van der Waals surface area contributed by atoms with Crippen LogP contribution < -0.4 is 5.32 Å². The van der Waals surface area contributed by atoms with Crippen molar-refractivity contribution in [1.82, 2.24) is 5.32 Å². The smallest absolute Gasteiger partial charge is 0.323 e. The van der Waals surface area contributed by atoms with Gasteiger partial charge in [0.1, 0.15) is 5.54 Å². The minimum Gasteiger partial charge on any atom is -0.480 e. The van der Waals surface area contributed by atoms with Gasteiger partial charge in [0.2, 0.25) is 0 Å². The minimum absolute atomic E-state index is 0.703. The van der Waals surface area contributed by atoms with Crippen LogP contribution in [0.15, 0.2) is 0 Å². The molecule has 0 aromatic carbocycles. The van der Waals surface area contributed by atoms with E-state index in [2.05, 4.69) is 5.32 Å². The highest BCUT2D eigenvalue weighted by molar-refractivity contribution is 5.78. The number of aliphatic carboxylic acids is 1. The Morgan fingerprint density at radius 2 is 2.23 bits per heavy atom. The second-order valence-corrected chi connectivity index (χ2v) is 4.21. The van der Waals surface area contributed by atoms with Crippen molar-refractivity contribution >= 4 is 5.97 Å². The monoisotopic (exact) mass is 185 g/mol. The molecule has 1 aliphatic rings. The Bertz CT molecular complexity index is 189. The van der Waals surface area contributed by atoms with Crippen LogP contribution in [0.3, 0.4) is 0 Å². The second kappa shape index (κ2) is 4.09. The van der Waals surface area contributed by atoms with E-state index in [0.29, 0.717) is 6.42 Å². The van der Waals surface area contributed by atoms with Crippen LogP contribution in [-0.2, 0) is 4.79 Å². The quantitative estimate of drug-likeness (QED) is 0.661. The molecule has 0 heterocycles. The molecule has 1 fully saturated rings. The summed E-state index contributed by atoms with van der Waals surface area (Å²) in [5.74, 6) is 0.00512. The van der Waals surface area contributed by atoms with Gasteiger partial charge in [0, 0.05) is 0 Å². The van der Waals surface area contributed by atoms with Crippen molar-refractivity contribution < 1.29 is 9.90 Å². The van der Waals surface area contributed by atoms with Crippen molar-refractivity contribution in [3.05, 3.63) is 0 Å². The predicted octanol–water partition coefficient (Wildman–Crippen LogP) is 1.63. The Kier molecular flexibility index (Phi) is 3.31. The normalized spacial score (nSPS) is 21.1. The van der Waals surface area contributed by atoms with Gasteiger partial charge in [-0.15, -0.1) is 0 Å². The molecule has 0 aromatic heterocycles. The third-order valence-corrected chi connectivity index (χ3v) is 2.70. The molecule has 1 unspecified atom stereocenters. The fourth-order valence-electron chi connectivity index (χ4n) is 1.46. The number of rotatable bonds is 6. The predicted molar refractivity (Wildman–Crippen MR) is 51.7 cm³/mol. The molecule has 3 heteroatoms. The molecule has 1 atom stereocenters. The molecule has 1 aliphatic carbocycles. The van der Waals surface area contributed by atoms with E-state index in [9.17, 15) is 4.79 Å². The first-order valence-corrected chi connectivity index (χ1v) is 5.07. The molecule has 0 aromatic rings. The van der Waals surface area contributed by atoms with Crippen LogP contribution in [0.4, 0.5) is 0 Å². The maximum Gasteiger partial charge on any atom is 0.323 e. The lowest BCUT2D eigenvalue weighted by atomic mass is 9.96. The molecule has 3 nitrogen and oxygen atoms in total. The molecule has 2 N–H and O–H groups in total. The first-order chi connectivity index (χ1) is 6.08. The number of hydrogen-bond donors (Lipinski definition) is 2. The summed E-state index contributed by atoms with van der Waals surface area (Å²) in [6.45, 7) is 4.66. The van der Waals surface area contributed by atoms with Gasteiger partial charge in [0.25, 0.3) is 0 Å². The van der Waals surface area contributed by atoms with Crippen LogP contribution in [0.1, 0.15) is 39.5 Å². The molecule has 0 bridgehead atoms. The van der Waals surface area contributed by atoms with Crippen molar-refractivity contribution in [2.24, 2.45) is 5.92 Å². The second-order valence-electron chi connectivity index (χ2n) is 4.21. The number of carboxylic acids is 1. The molecular formula is C10H19NO2. The zero-order chi connectivity index (χ0) is 9.90. The number of carboxylic acid groups (broad SMARTS) is 1. The standard InChI is InChI=1S/C10H19NO2/c1-3-6-10(2,9(12)13)11-7-8-4-5-8/h8,11H,3-7H2,1-2H3,(H,12,13). The highest BCUT2D eigenvalue weighted by atomic mass is 16.4. The van der Waals surface area contributed by atoms with Crippen molar-refractivity contribution in [1.29, 1.82) is 0 Å². The molecule has 76 valence electrons. The Labute approximate surface area is 79.5 Å². The molecule has 0 saturated heterocycles. The van der Waals surface area contributed by atoms with Gasteiger partial charge in [-0.05, 0) is 38.6 Å². The largest absolute Gasteiger partial charge is 0.480 e. The van der Waals surface area contributed by atoms with E-state index in [4.69, 9.17) is 5.11 Å². The molecule has 0 amide bonds. The van der Waals surface area contributed by atoms with E-state index < -0.39 is 11.5 Å². The van der Waals surface area contributed by atoms with Gasteiger partial charge in [0.15, 0.2) is 0 Å². The van der Waals surface area contributed by atoms with Crippen LogP contribution >= 0.6 is 0 Å². The lowest BCUT2D eigenvalue weighted by Crippen LogP contribution is -2.50. The van der Waals surface area contributed by atoms with Crippen LogP contribution in [-0.4, -0.2) is 23.2 Å². The van der Waals surface area contributed by atoms with E-state index >= 15 is 0 Å². The summed E-state index contributed by atoms with van der Waals surface area (Å²) in [5, 5.41) is 12.2. The zero-order valence-electron chi connectivity index (χ0n) is 8.47. The van der Waals surface area contributed by atoms with E-state index in [1.54, 1.807) is 6.92 Å². The van der Waals surface area contributed by atoms with Gasteiger partial charge in [-0.25, -0.2) is 0 Å². The Hall–Kier alpha value is -0.570. The molecule has 0 radical (unpaired) electrons. The molecule has 0 spiro atoms. The minimum atomic E-state index is -0.727. The fourth-order valence-corrected chi connectivity index (χ4v) is 1.46. The summed E-state index contributed by atoms with van der Waals surface area (Å²) >= 11 is 0. The van der Waals surface area contributed by atoms with Gasteiger partial charge in [0.05, 0.1) is 0 Å². The molecular weight excluding hydrogens is 166 g/mol. The zero-order valence-corrected chi connectivity index (χ0v) is 8.47. The van der Waals surface area contributed by atoms with Crippen LogP contribution in [0.25, 0.3) is 0 Å². The summed E-state index contributed by atoms with van der Waals surface area (Å²) in [4.78, 5) is 11.0. The van der Waals surface area contributed by atoms with Crippen molar-refractivity contribution in [2.45, 2.75) is 45.1 Å². The fraction of sp³-hybridized carbons (Fsp3) is 0.900. The maximum absolute atomic E-state index is 11.0. The number of nitrogens with one attached hydrogen (secondary N) is 1. The summed E-state index contributed by atoms with van der Waals surface area (Å²) in [5.41, 5.74) is -0.711. The Balaban J connectivity index is 2.38. The number of carbonyl (C=O) groups is 1. The van der Waals surface area contributed by atoms with Crippen molar-refractivity contribution in [3.8, 4) is 0 Å². The molecule has 1 saturated carbocycles. The molecule has 1 rings (SSSR count). The van der Waals surface area contributed by atoms with Crippen LogP contribution in [0.5, 0.6) is 0 Å². The van der Waals surface area contributed by atoms with E-state index in [1.165, 1.54) is 12.8 Å². The summed E-state index contributed by atoms with van der Waals surface area (Å²) in [6.07, 6.45) is 4.12. The van der Waals surface area contributed by atoms with Crippen molar-refractivity contribution in [2.75, 3.05) is 6.54 Å². The molecule has 0 aliphatic heterocycles. The topological polar surface area (TPSA) is 49.3 Å². The maximum atomic E-state index is 11.0. The average Bonchev–Trinajstić information content (AvgIpc) is 2.84. The summed E-state index contributed by atoms with van der Waals surface area (Å²) < 4.78 is 0. The first-order valence-electron chi connectivity index (χ1n) is 5.07. The Morgan fingerprint density at radius 3 is 2.62 bits per heavy atom. The molecule has 13 heavy (non-hydrogen) atoms.